The van der Waals surface area contributed by atoms with Gasteiger partial charge in [-0.15, -0.1) is 11.3 Å². The van der Waals surface area contributed by atoms with Gasteiger partial charge in [-0.3, -0.25) is 4.79 Å². The van der Waals surface area contributed by atoms with Gasteiger partial charge in [0.25, 0.3) is 5.91 Å². The maximum absolute atomic E-state index is 13.3. The van der Waals surface area contributed by atoms with Crippen LogP contribution in [0.25, 0.3) is 11.0 Å². The highest BCUT2D eigenvalue weighted by molar-refractivity contribution is 7.10. The number of fused-ring (bicyclic) bond motifs is 1. The van der Waals surface area contributed by atoms with Gasteiger partial charge in [0.05, 0.1) is 12.6 Å². The lowest BCUT2D eigenvalue weighted by atomic mass is 9.98. The number of para-hydroxylation sites is 1. The molecule has 1 N–H and O–H groups in total. The van der Waals surface area contributed by atoms with Crippen LogP contribution < -0.4 is 5.32 Å². The Kier molecular flexibility index (Phi) is 6.02. The number of ether oxygens (including phenoxy) is 1. The summed E-state index contributed by atoms with van der Waals surface area (Å²) < 4.78 is 11.3. The minimum absolute atomic E-state index is 0.246. The number of benzene rings is 2. The molecule has 2 heterocycles. The first-order valence-electron chi connectivity index (χ1n) is 10.0. The number of thiophene rings is 1. The van der Waals surface area contributed by atoms with Gasteiger partial charge in [0, 0.05) is 22.9 Å². The van der Waals surface area contributed by atoms with Crippen LogP contribution in [0.4, 0.5) is 0 Å². The molecule has 0 radical (unpaired) electrons. The normalized spacial score (nSPS) is 12.4. The van der Waals surface area contributed by atoms with E-state index in [1.54, 1.807) is 18.4 Å². The van der Waals surface area contributed by atoms with Crippen LogP contribution in [0.1, 0.15) is 57.9 Å². The summed E-state index contributed by atoms with van der Waals surface area (Å²) in [5.41, 5.74) is 3.77. The quantitative estimate of drug-likeness (QED) is 0.383. The number of hydrogen-bond acceptors (Lipinski definition) is 4. The molecule has 4 rings (SSSR count). The molecule has 0 spiro atoms. The van der Waals surface area contributed by atoms with E-state index in [1.165, 1.54) is 5.56 Å². The van der Waals surface area contributed by atoms with E-state index in [0.717, 1.165) is 21.4 Å². The molecule has 1 atom stereocenters. The molecule has 2 aromatic carbocycles. The molecule has 4 aromatic rings. The molecule has 5 heteroatoms. The van der Waals surface area contributed by atoms with Crippen molar-refractivity contribution in [2.45, 2.75) is 32.4 Å². The van der Waals surface area contributed by atoms with Crippen LogP contribution in [0.2, 0.25) is 0 Å². The lowest BCUT2D eigenvalue weighted by Crippen LogP contribution is -2.29. The minimum atomic E-state index is -0.248. The fourth-order valence-corrected chi connectivity index (χ4v) is 4.42. The van der Waals surface area contributed by atoms with E-state index in [-0.39, 0.29) is 11.9 Å². The fourth-order valence-electron chi connectivity index (χ4n) is 3.61. The Morgan fingerprint density at radius 3 is 2.43 bits per heavy atom. The molecule has 0 aliphatic carbocycles. The summed E-state index contributed by atoms with van der Waals surface area (Å²) in [6.45, 7) is 4.66. The van der Waals surface area contributed by atoms with Crippen molar-refractivity contribution in [3.8, 4) is 0 Å². The molecule has 2 aromatic heterocycles. The molecule has 0 aliphatic heterocycles. The number of furan rings is 1. The SMILES string of the molecule is COCc1c(C(=O)NC(c2ccc(C(C)C)cc2)c2cccs2)oc2ccccc12. The predicted molar refractivity (Wildman–Crippen MR) is 121 cm³/mol. The Balaban J connectivity index is 1.69. The van der Waals surface area contributed by atoms with Gasteiger partial charge >= 0.3 is 0 Å². The molecule has 0 aliphatic rings. The average molecular weight is 420 g/mol. The zero-order chi connectivity index (χ0) is 21.1. The first kappa shape index (κ1) is 20.4. The van der Waals surface area contributed by atoms with E-state index in [0.29, 0.717) is 23.9 Å². The molecule has 154 valence electrons. The van der Waals surface area contributed by atoms with Gasteiger partial charge in [-0.1, -0.05) is 62.4 Å². The van der Waals surface area contributed by atoms with E-state index in [9.17, 15) is 4.79 Å². The zero-order valence-electron chi connectivity index (χ0n) is 17.3. The second-order valence-electron chi connectivity index (χ2n) is 7.58. The molecule has 0 bridgehead atoms. The number of methoxy groups -OCH3 is 1. The highest BCUT2D eigenvalue weighted by atomic mass is 32.1. The summed E-state index contributed by atoms with van der Waals surface area (Å²) >= 11 is 1.62. The van der Waals surface area contributed by atoms with Gasteiger partial charge in [0.15, 0.2) is 5.76 Å². The first-order valence-corrected chi connectivity index (χ1v) is 10.9. The standard InChI is InChI=1S/C25H25NO3S/c1-16(2)17-10-12-18(13-11-17)23(22-9-6-14-30-22)26-25(27)24-20(15-28-3)19-7-4-5-8-21(19)29-24/h4-14,16,23H,15H2,1-3H3,(H,26,27). The molecule has 0 saturated heterocycles. The van der Waals surface area contributed by atoms with Crippen molar-refractivity contribution < 1.29 is 13.9 Å². The fraction of sp³-hybridized carbons (Fsp3) is 0.240. The van der Waals surface area contributed by atoms with Crippen molar-refractivity contribution in [2.24, 2.45) is 0 Å². The summed E-state index contributed by atoms with van der Waals surface area (Å²) in [7, 11) is 1.62. The Bertz CT molecular complexity index is 1130. The Hall–Kier alpha value is -2.89. The van der Waals surface area contributed by atoms with Gasteiger partial charge in [-0.05, 0) is 34.6 Å². The third-order valence-electron chi connectivity index (χ3n) is 5.23. The number of nitrogens with one attached hydrogen (secondary N) is 1. The first-order chi connectivity index (χ1) is 14.6. The van der Waals surface area contributed by atoms with Crippen molar-refractivity contribution in [3.05, 3.63) is 93.4 Å². The van der Waals surface area contributed by atoms with Crippen molar-refractivity contribution >= 4 is 28.2 Å². The summed E-state index contributed by atoms with van der Waals surface area (Å²) in [6.07, 6.45) is 0. The van der Waals surface area contributed by atoms with Crippen LogP contribution in [0.5, 0.6) is 0 Å². The largest absolute Gasteiger partial charge is 0.451 e. The smallest absolute Gasteiger partial charge is 0.288 e. The second-order valence-corrected chi connectivity index (χ2v) is 8.56. The van der Waals surface area contributed by atoms with E-state index < -0.39 is 0 Å². The number of rotatable bonds is 7. The number of carbonyl (C=O) groups is 1. The third kappa shape index (κ3) is 4.04. The molecule has 1 unspecified atom stereocenters. The minimum Gasteiger partial charge on any atom is -0.451 e. The van der Waals surface area contributed by atoms with Crippen LogP contribution in [0, 0.1) is 0 Å². The lowest BCUT2D eigenvalue weighted by Gasteiger charge is -2.19. The van der Waals surface area contributed by atoms with Crippen molar-refractivity contribution in [1.82, 2.24) is 5.32 Å². The van der Waals surface area contributed by atoms with E-state index in [4.69, 9.17) is 9.15 Å². The highest BCUT2D eigenvalue weighted by Crippen LogP contribution is 2.30. The third-order valence-corrected chi connectivity index (χ3v) is 6.17. The van der Waals surface area contributed by atoms with Crippen molar-refractivity contribution in [2.75, 3.05) is 7.11 Å². The molecule has 0 fully saturated rings. The van der Waals surface area contributed by atoms with Gasteiger partial charge in [-0.2, -0.15) is 0 Å². The molecular weight excluding hydrogens is 394 g/mol. The van der Waals surface area contributed by atoms with Crippen LogP contribution in [0.15, 0.2) is 70.5 Å². The lowest BCUT2D eigenvalue weighted by molar-refractivity contribution is 0.0911. The maximum atomic E-state index is 13.3. The molecular formula is C25H25NO3S. The monoisotopic (exact) mass is 419 g/mol. The summed E-state index contributed by atoms with van der Waals surface area (Å²) in [4.78, 5) is 14.4. The highest BCUT2D eigenvalue weighted by Gasteiger charge is 2.25. The van der Waals surface area contributed by atoms with Crippen molar-refractivity contribution in [3.63, 3.8) is 0 Å². The van der Waals surface area contributed by atoms with Crippen molar-refractivity contribution in [1.29, 1.82) is 0 Å². The molecule has 4 nitrogen and oxygen atoms in total. The Morgan fingerprint density at radius 1 is 1.03 bits per heavy atom. The maximum Gasteiger partial charge on any atom is 0.288 e. The van der Waals surface area contributed by atoms with Gasteiger partial charge < -0.3 is 14.5 Å². The van der Waals surface area contributed by atoms with Crippen LogP contribution >= 0.6 is 11.3 Å². The Morgan fingerprint density at radius 2 is 1.77 bits per heavy atom. The number of amides is 1. The zero-order valence-corrected chi connectivity index (χ0v) is 18.2. The summed E-state index contributed by atoms with van der Waals surface area (Å²) in [6, 6.07) is 19.9. The Labute approximate surface area is 180 Å². The molecule has 1 amide bonds. The summed E-state index contributed by atoms with van der Waals surface area (Å²) in [5.74, 6) is 0.518. The van der Waals surface area contributed by atoms with Crippen LogP contribution in [-0.2, 0) is 11.3 Å². The van der Waals surface area contributed by atoms with E-state index >= 15 is 0 Å². The summed E-state index contributed by atoms with van der Waals surface area (Å²) in [5, 5.41) is 6.11. The van der Waals surface area contributed by atoms with Gasteiger partial charge in [0.2, 0.25) is 0 Å². The number of hydrogen-bond donors (Lipinski definition) is 1. The second kappa shape index (κ2) is 8.86. The van der Waals surface area contributed by atoms with E-state index in [1.807, 2.05) is 41.8 Å². The number of carbonyl (C=O) groups excluding carboxylic acids is 1. The topological polar surface area (TPSA) is 51.5 Å². The van der Waals surface area contributed by atoms with Gasteiger partial charge in [-0.25, -0.2) is 0 Å². The van der Waals surface area contributed by atoms with Gasteiger partial charge in [0.1, 0.15) is 5.58 Å². The average Bonchev–Trinajstić information content (AvgIpc) is 3.41. The molecule has 30 heavy (non-hydrogen) atoms. The molecule has 0 saturated carbocycles. The predicted octanol–water partition coefficient (Wildman–Crippen LogP) is 6.28. The van der Waals surface area contributed by atoms with E-state index in [2.05, 4.69) is 43.4 Å². The van der Waals surface area contributed by atoms with Crippen LogP contribution in [-0.4, -0.2) is 13.0 Å². The van der Waals surface area contributed by atoms with Crippen LogP contribution in [0.3, 0.4) is 0 Å².